The number of aliphatic imine (C=N–C) groups is 1. The summed E-state index contributed by atoms with van der Waals surface area (Å²) in [5.74, 6) is 1.31. The van der Waals surface area contributed by atoms with Crippen LogP contribution in [0, 0.1) is 11.8 Å². The van der Waals surface area contributed by atoms with Crippen molar-refractivity contribution < 1.29 is 16.0 Å². The molecular weight excluding hydrogens is 235 g/mol. The normalized spacial score (nSPS) is 16.2. The minimum atomic E-state index is -0.640. The number of nitrogens with zero attached hydrogens (tertiary/aromatic N) is 1. The Bertz CT molecular complexity index is 131. The molecule has 0 saturated heterocycles. The van der Waals surface area contributed by atoms with Crippen LogP contribution in [-0.4, -0.2) is 10.9 Å². The van der Waals surface area contributed by atoms with Gasteiger partial charge in [-0.3, -0.25) is 0 Å². The molecule has 0 aromatic heterocycles. The minimum absolute atomic E-state index is 0.597. The van der Waals surface area contributed by atoms with Crippen LogP contribution in [0.25, 0.3) is 0 Å². The first kappa shape index (κ1) is 12.3. The molecule has 0 aliphatic carbocycles. The van der Waals surface area contributed by atoms with Crippen molar-refractivity contribution in [3.05, 3.63) is 0 Å². The molecule has 0 fully saturated rings. The summed E-state index contributed by atoms with van der Waals surface area (Å²) in [6.45, 7) is 8.92. The van der Waals surface area contributed by atoms with E-state index in [0.29, 0.717) is 16.5 Å². The molecular formula is C10H22NRu. The summed E-state index contributed by atoms with van der Waals surface area (Å²) >= 11 is -0.640. The van der Waals surface area contributed by atoms with E-state index in [1.54, 1.807) is 0 Å². The van der Waals surface area contributed by atoms with E-state index < -0.39 is 16.0 Å². The third kappa shape index (κ3) is 5.03. The van der Waals surface area contributed by atoms with E-state index in [-0.39, 0.29) is 0 Å². The first-order chi connectivity index (χ1) is 5.45. The van der Waals surface area contributed by atoms with E-state index in [1.807, 2.05) is 0 Å². The maximum absolute atomic E-state index is 4.66. The molecule has 0 aliphatic heterocycles. The summed E-state index contributed by atoms with van der Waals surface area (Å²) in [5.41, 5.74) is 4.76. The zero-order valence-corrected chi connectivity index (χ0v) is 10.8. The van der Waals surface area contributed by atoms with E-state index in [0.717, 1.165) is 0 Å². The maximum atomic E-state index is 4.66. The van der Waals surface area contributed by atoms with Gasteiger partial charge in [0, 0.05) is 0 Å². The molecule has 0 aromatic carbocycles. The summed E-state index contributed by atoms with van der Waals surface area (Å²) in [6, 6.07) is 0. The average Bonchev–Trinajstić information content (AvgIpc) is 1.84. The average molecular weight is 257 g/mol. The third-order valence-electron chi connectivity index (χ3n) is 1.48. The van der Waals surface area contributed by atoms with Crippen molar-refractivity contribution in [1.29, 1.82) is 0 Å². The standard InChI is InChI=1S/C8H16N.2CH3.Ru/c1-7(2)5-9-6-8(3)4;;;/h5-8H,1-4H3;2*1H3;. The predicted octanol–water partition coefficient (Wildman–Crippen LogP) is 3.41. The predicted molar refractivity (Wildman–Crippen MR) is 53.7 cm³/mol. The van der Waals surface area contributed by atoms with Gasteiger partial charge in [-0.1, -0.05) is 0 Å². The van der Waals surface area contributed by atoms with E-state index in [9.17, 15) is 0 Å². The van der Waals surface area contributed by atoms with Crippen LogP contribution in [0.5, 0.6) is 0 Å². The zero-order chi connectivity index (χ0) is 9.72. The fourth-order valence-electron chi connectivity index (χ4n) is 1.00. The quantitative estimate of drug-likeness (QED) is 0.540. The Morgan fingerprint density at radius 1 is 1.08 bits per heavy atom. The van der Waals surface area contributed by atoms with E-state index in [1.165, 1.54) is 0 Å². The Morgan fingerprint density at radius 3 is 1.83 bits per heavy atom. The van der Waals surface area contributed by atoms with E-state index in [4.69, 9.17) is 0 Å². The van der Waals surface area contributed by atoms with Crippen molar-refractivity contribution in [2.24, 2.45) is 16.8 Å². The summed E-state index contributed by atoms with van der Waals surface area (Å²) in [6.07, 6.45) is 2.11. The summed E-state index contributed by atoms with van der Waals surface area (Å²) in [5, 5.41) is 0. The molecule has 75 valence electrons. The van der Waals surface area contributed by atoms with Crippen molar-refractivity contribution in [1.82, 2.24) is 0 Å². The number of hydrogen-bond donors (Lipinski definition) is 0. The van der Waals surface area contributed by atoms with Gasteiger partial charge in [0.2, 0.25) is 0 Å². The number of rotatable bonds is 4. The Kier molecular flexibility index (Phi) is 6.00. The fourth-order valence-corrected chi connectivity index (χ4v) is 3.99. The van der Waals surface area contributed by atoms with Gasteiger partial charge in [0.15, 0.2) is 0 Å². The summed E-state index contributed by atoms with van der Waals surface area (Å²) in [7, 11) is 0. The van der Waals surface area contributed by atoms with Crippen molar-refractivity contribution >= 4 is 6.21 Å². The van der Waals surface area contributed by atoms with Gasteiger partial charge < -0.3 is 0 Å². The van der Waals surface area contributed by atoms with Crippen LogP contribution in [0.2, 0.25) is 11.0 Å². The molecule has 0 saturated carbocycles. The Labute approximate surface area is 82.6 Å². The van der Waals surface area contributed by atoms with Crippen LogP contribution in [0.1, 0.15) is 27.7 Å². The molecule has 0 radical (unpaired) electrons. The summed E-state index contributed by atoms with van der Waals surface area (Å²) < 4.78 is 0.636. The van der Waals surface area contributed by atoms with Gasteiger partial charge in [-0.05, 0) is 0 Å². The van der Waals surface area contributed by atoms with Gasteiger partial charge >= 0.3 is 82.4 Å². The summed E-state index contributed by atoms with van der Waals surface area (Å²) in [4.78, 5) is 4.66. The molecule has 1 atom stereocenters. The van der Waals surface area contributed by atoms with Crippen LogP contribution < -0.4 is 0 Å². The first-order valence-electron chi connectivity index (χ1n) is 4.40. The van der Waals surface area contributed by atoms with Gasteiger partial charge in [-0.2, -0.15) is 0 Å². The second-order valence-electron chi connectivity index (χ2n) is 3.91. The van der Waals surface area contributed by atoms with E-state index >= 15 is 0 Å². The molecule has 0 aromatic rings. The fraction of sp³-hybridized carbons (Fsp3) is 0.900. The van der Waals surface area contributed by atoms with Crippen molar-refractivity contribution in [2.75, 3.05) is 0 Å². The van der Waals surface area contributed by atoms with Crippen LogP contribution in [-0.2, 0) is 16.0 Å². The molecule has 0 N–H and O–H groups in total. The molecule has 1 nitrogen and oxygen atoms in total. The molecule has 1 unspecified atom stereocenters. The molecule has 0 spiro atoms. The van der Waals surface area contributed by atoms with Crippen molar-refractivity contribution in [3.8, 4) is 0 Å². The number of hydrogen-bond acceptors (Lipinski definition) is 1. The zero-order valence-electron chi connectivity index (χ0n) is 9.11. The van der Waals surface area contributed by atoms with Gasteiger partial charge in [0.1, 0.15) is 0 Å². The second-order valence-corrected chi connectivity index (χ2v) is 8.68. The van der Waals surface area contributed by atoms with Crippen LogP contribution in [0.3, 0.4) is 0 Å². The molecule has 0 aliphatic rings. The van der Waals surface area contributed by atoms with Gasteiger partial charge in [-0.15, -0.1) is 0 Å². The SMILES string of the molecule is CC(C)C=N[CH](C(C)C)[Ru]([CH3])[CH3]. The van der Waals surface area contributed by atoms with Crippen LogP contribution in [0.4, 0.5) is 0 Å². The monoisotopic (exact) mass is 258 g/mol. The van der Waals surface area contributed by atoms with Gasteiger partial charge in [0.05, 0.1) is 0 Å². The topological polar surface area (TPSA) is 12.4 Å². The van der Waals surface area contributed by atoms with Crippen molar-refractivity contribution in [2.45, 2.75) is 43.4 Å². The molecule has 0 bridgehead atoms. The van der Waals surface area contributed by atoms with E-state index in [2.05, 4.69) is 49.9 Å². The molecule has 0 amide bonds. The van der Waals surface area contributed by atoms with Crippen LogP contribution in [0.15, 0.2) is 4.99 Å². The van der Waals surface area contributed by atoms with Crippen molar-refractivity contribution in [3.63, 3.8) is 0 Å². The van der Waals surface area contributed by atoms with Gasteiger partial charge in [-0.25, -0.2) is 0 Å². The Balaban J connectivity index is 4.14. The molecule has 0 heterocycles. The Morgan fingerprint density at radius 2 is 1.58 bits per heavy atom. The third-order valence-corrected chi connectivity index (χ3v) is 4.95. The molecule has 12 heavy (non-hydrogen) atoms. The van der Waals surface area contributed by atoms with Crippen LogP contribution >= 0.6 is 0 Å². The second kappa shape index (κ2) is 5.86. The molecule has 2 heteroatoms. The Hall–Kier alpha value is 0.293. The van der Waals surface area contributed by atoms with Gasteiger partial charge in [0.25, 0.3) is 0 Å². The molecule has 0 rings (SSSR count). The first-order valence-corrected chi connectivity index (χ1v) is 8.88.